The van der Waals surface area contributed by atoms with E-state index in [0.29, 0.717) is 17.7 Å². The normalized spacial score (nSPS) is 14.2. The molecule has 2 amide bonds. The first-order valence-electron chi connectivity index (χ1n) is 5.23. The predicted molar refractivity (Wildman–Crippen MR) is 65.0 cm³/mol. The Hall–Kier alpha value is -1.94. The largest absolute Gasteiger partial charge is 0.270 e. The van der Waals surface area contributed by atoms with Crippen LogP contribution in [0.15, 0.2) is 41.1 Å². The van der Waals surface area contributed by atoms with Crippen molar-refractivity contribution in [2.24, 2.45) is 0 Å². The standard InChI is InChI=1S/C13H9NO2S/c15-12-10-7-17-8-11(10)13(16)14(12)6-9-4-2-1-3-5-9/h1-5,7-8H,6H2. The monoisotopic (exact) mass is 243 g/mol. The molecule has 1 aromatic heterocycles. The minimum Gasteiger partial charge on any atom is -0.270 e. The minimum absolute atomic E-state index is 0.185. The van der Waals surface area contributed by atoms with Crippen molar-refractivity contribution in [3.05, 3.63) is 57.8 Å². The first-order chi connectivity index (χ1) is 8.27. The van der Waals surface area contributed by atoms with Crippen molar-refractivity contribution in [2.75, 3.05) is 0 Å². The Balaban J connectivity index is 1.90. The third-order valence-electron chi connectivity index (χ3n) is 2.80. The molecule has 0 spiro atoms. The van der Waals surface area contributed by atoms with Gasteiger partial charge in [0.25, 0.3) is 11.8 Å². The summed E-state index contributed by atoms with van der Waals surface area (Å²) < 4.78 is 0. The molecule has 4 heteroatoms. The predicted octanol–water partition coefficient (Wildman–Crippen LogP) is 2.54. The van der Waals surface area contributed by atoms with Crippen LogP contribution < -0.4 is 0 Å². The molecule has 3 nitrogen and oxygen atoms in total. The van der Waals surface area contributed by atoms with E-state index in [9.17, 15) is 9.59 Å². The number of hydrogen-bond donors (Lipinski definition) is 0. The molecule has 0 aliphatic carbocycles. The first-order valence-corrected chi connectivity index (χ1v) is 6.18. The van der Waals surface area contributed by atoms with Crippen LogP contribution in [0.1, 0.15) is 26.3 Å². The van der Waals surface area contributed by atoms with E-state index in [-0.39, 0.29) is 11.8 Å². The topological polar surface area (TPSA) is 37.4 Å². The fourth-order valence-electron chi connectivity index (χ4n) is 1.92. The zero-order valence-electron chi connectivity index (χ0n) is 8.92. The van der Waals surface area contributed by atoms with Gasteiger partial charge in [-0.15, -0.1) is 0 Å². The molecular weight excluding hydrogens is 234 g/mol. The average Bonchev–Trinajstić information content (AvgIpc) is 2.91. The summed E-state index contributed by atoms with van der Waals surface area (Å²) >= 11 is 1.39. The highest BCUT2D eigenvalue weighted by Gasteiger charge is 2.35. The number of thiophene rings is 1. The molecule has 1 aliphatic rings. The van der Waals surface area contributed by atoms with Crippen LogP contribution in [0.3, 0.4) is 0 Å². The summed E-state index contributed by atoms with van der Waals surface area (Å²) in [6.45, 7) is 0.345. The van der Waals surface area contributed by atoms with Crippen molar-refractivity contribution < 1.29 is 9.59 Å². The fourth-order valence-corrected chi connectivity index (χ4v) is 2.72. The lowest BCUT2D eigenvalue weighted by atomic mass is 10.2. The Morgan fingerprint density at radius 1 is 0.941 bits per heavy atom. The van der Waals surface area contributed by atoms with Crippen LogP contribution in [0.25, 0.3) is 0 Å². The number of rotatable bonds is 2. The number of benzene rings is 1. The summed E-state index contributed by atoms with van der Waals surface area (Å²) in [6, 6.07) is 9.52. The van der Waals surface area contributed by atoms with Crippen LogP contribution in [0, 0.1) is 0 Å². The number of carbonyl (C=O) groups excluding carboxylic acids is 2. The van der Waals surface area contributed by atoms with Crippen LogP contribution in [0.2, 0.25) is 0 Å². The summed E-state index contributed by atoms with van der Waals surface area (Å²) in [4.78, 5) is 25.3. The molecular formula is C13H9NO2S. The Bertz CT molecular complexity index is 558. The second-order valence-electron chi connectivity index (χ2n) is 3.88. The van der Waals surface area contributed by atoms with Crippen molar-refractivity contribution in [1.29, 1.82) is 0 Å². The van der Waals surface area contributed by atoms with Gasteiger partial charge >= 0.3 is 0 Å². The molecule has 0 saturated heterocycles. The van der Waals surface area contributed by atoms with E-state index in [1.54, 1.807) is 10.8 Å². The number of amides is 2. The maximum absolute atomic E-state index is 12.0. The van der Waals surface area contributed by atoms with Crippen molar-refractivity contribution in [1.82, 2.24) is 4.90 Å². The van der Waals surface area contributed by atoms with Crippen molar-refractivity contribution in [2.45, 2.75) is 6.54 Å². The summed E-state index contributed by atoms with van der Waals surface area (Å²) in [6.07, 6.45) is 0. The third kappa shape index (κ3) is 1.57. The lowest BCUT2D eigenvalue weighted by Crippen LogP contribution is -2.29. The first kappa shape index (κ1) is 10.2. The van der Waals surface area contributed by atoms with Gasteiger partial charge in [0, 0.05) is 10.8 Å². The molecule has 2 aromatic rings. The number of fused-ring (bicyclic) bond motifs is 1. The lowest BCUT2D eigenvalue weighted by molar-refractivity contribution is 0.0642. The van der Waals surface area contributed by atoms with Gasteiger partial charge in [0.05, 0.1) is 17.7 Å². The second kappa shape index (κ2) is 3.82. The average molecular weight is 243 g/mol. The molecule has 0 bridgehead atoms. The summed E-state index contributed by atoms with van der Waals surface area (Å²) in [5, 5.41) is 3.47. The van der Waals surface area contributed by atoms with Crippen molar-refractivity contribution in [3.63, 3.8) is 0 Å². The van der Waals surface area contributed by atoms with Crippen LogP contribution in [0.5, 0.6) is 0 Å². The van der Waals surface area contributed by atoms with E-state index in [2.05, 4.69) is 0 Å². The van der Waals surface area contributed by atoms with E-state index in [1.807, 2.05) is 30.3 Å². The SMILES string of the molecule is O=C1c2cscc2C(=O)N1Cc1ccccc1. The molecule has 1 aromatic carbocycles. The van der Waals surface area contributed by atoms with E-state index >= 15 is 0 Å². The number of hydrogen-bond acceptors (Lipinski definition) is 3. The molecule has 0 N–H and O–H groups in total. The van der Waals surface area contributed by atoms with Crippen LogP contribution in [0.4, 0.5) is 0 Å². The Morgan fingerprint density at radius 3 is 2.12 bits per heavy atom. The highest BCUT2D eigenvalue weighted by atomic mass is 32.1. The molecule has 0 unspecified atom stereocenters. The third-order valence-corrected chi connectivity index (χ3v) is 3.54. The number of carbonyl (C=O) groups is 2. The Morgan fingerprint density at radius 2 is 1.53 bits per heavy atom. The maximum atomic E-state index is 12.0. The fraction of sp³-hybridized carbons (Fsp3) is 0.0769. The van der Waals surface area contributed by atoms with Gasteiger partial charge < -0.3 is 0 Å². The molecule has 17 heavy (non-hydrogen) atoms. The molecule has 0 radical (unpaired) electrons. The molecule has 0 saturated carbocycles. The van der Waals surface area contributed by atoms with Crippen molar-refractivity contribution >= 4 is 23.2 Å². The zero-order chi connectivity index (χ0) is 11.8. The Kier molecular flexibility index (Phi) is 2.30. The van der Waals surface area contributed by atoms with Gasteiger partial charge in [-0.2, -0.15) is 11.3 Å². The summed E-state index contributed by atoms with van der Waals surface area (Å²) in [7, 11) is 0. The summed E-state index contributed by atoms with van der Waals surface area (Å²) in [5.41, 5.74) is 2.04. The van der Waals surface area contributed by atoms with E-state index < -0.39 is 0 Å². The number of nitrogens with zero attached hydrogens (tertiary/aromatic N) is 1. The van der Waals surface area contributed by atoms with Gasteiger partial charge in [-0.05, 0) is 5.56 Å². The Labute approximate surface area is 102 Å². The van der Waals surface area contributed by atoms with Gasteiger partial charge in [0.2, 0.25) is 0 Å². The summed E-state index contributed by atoms with van der Waals surface area (Å²) in [5.74, 6) is -0.370. The van der Waals surface area contributed by atoms with Crippen LogP contribution in [-0.4, -0.2) is 16.7 Å². The molecule has 2 heterocycles. The van der Waals surface area contributed by atoms with Gasteiger partial charge in [0.15, 0.2) is 0 Å². The van der Waals surface area contributed by atoms with E-state index in [1.165, 1.54) is 16.2 Å². The highest BCUT2D eigenvalue weighted by molar-refractivity contribution is 7.08. The highest BCUT2D eigenvalue weighted by Crippen LogP contribution is 2.27. The number of imide groups is 1. The van der Waals surface area contributed by atoms with E-state index in [4.69, 9.17) is 0 Å². The van der Waals surface area contributed by atoms with Gasteiger partial charge in [-0.25, -0.2) is 0 Å². The van der Waals surface area contributed by atoms with Crippen LogP contribution in [-0.2, 0) is 6.54 Å². The van der Waals surface area contributed by atoms with E-state index in [0.717, 1.165) is 5.56 Å². The molecule has 0 fully saturated rings. The molecule has 0 atom stereocenters. The quantitative estimate of drug-likeness (QED) is 0.760. The second-order valence-corrected chi connectivity index (χ2v) is 4.62. The maximum Gasteiger partial charge on any atom is 0.262 e. The molecule has 3 rings (SSSR count). The lowest BCUT2D eigenvalue weighted by Gasteiger charge is -2.13. The van der Waals surface area contributed by atoms with Gasteiger partial charge in [0.1, 0.15) is 0 Å². The van der Waals surface area contributed by atoms with Gasteiger partial charge in [-0.1, -0.05) is 30.3 Å². The van der Waals surface area contributed by atoms with Gasteiger partial charge in [-0.3, -0.25) is 14.5 Å². The molecule has 84 valence electrons. The zero-order valence-corrected chi connectivity index (χ0v) is 9.74. The minimum atomic E-state index is -0.185. The van der Waals surface area contributed by atoms with Crippen LogP contribution >= 0.6 is 11.3 Å². The smallest absolute Gasteiger partial charge is 0.262 e. The van der Waals surface area contributed by atoms with Crippen molar-refractivity contribution in [3.8, 4) is 0 Å². The molecule has 1 aliphatic heterocycles.